The van der Waals surface area contributed by atoms with Gasteiger partial charge in [-0.2, -0.15) is 4.98 Å². The van der Waals surface area contributed by atoms with E-state index in [1.807, 2.05) is 0 Å². The summed E-state index contributed by atoms with van der Waals surface area (Å²) in [6.45, 7) is 1.42. The van der Waals surface area contributed by atoms with Crippen molar-refractivity contribution in [2.45, 2.75) is 50.8 Å². The van der Waals surface area contributed by atoms with Crippen LogP contribution in [0.2, 0.25) is 0 Å². The molecule has 1 saturated carbocycles. The van der Waals surface area contributed by atoms with Gasteiger partial charge in [0.15, 0.2) is 0 Å². The minimum absolute atomic E-state index is 0.433. The topological polar surface area (TPSA) is 88.3 Å². The maximum atomic E-state index is 5.67. The number of hydrogen-bond donors (Lipinski definition) is 2. The van der Waals surface area contributed by atoms with Crippen LogP contribution in [0, 0.1) is 0 Å². The van der Waals surface area contributed by atoms with E-state index in [0.29, 0.717) is 24.6 Å². The van der Waals surface area contributed by atoms with E-state index in [1.54, 1.807) is 23.8 Å². The minimum Gasteiger partial charge on any atom is -0.376 e. The van der Waals surface area contributed by atoms with E-state index in [0.717, 1.165) is 42.2 Å². The Bertz CT molecular complexity index is 979. The Morgan fingerprint density at radius 1 is 1.17 bits per heavy atom. The van der Waals surface area contributed by atoms with Crippen molar-refractivity contribution in [1.29, 1.82) is 0 Å². The van der Waals surface area contributed by atoms with Crippen LogP contribution in [0.15, 0.2) is 17.0 Å². The van der Waals surface area contributed by atoms with Crippen molar-refractivity contribution in [1.82, 2.24) is 20.0 Å². The molecule has 0 atom stereocenters. The zero-order valence-electron chi connectivity index (χ0n) is 16.8. The lowest BCUT2D eigenvalue weighted by Crippen LogP contribution is -2.36. The summed E-state index contributed by atoms with van der Waals surface area (Å²) in [6.07, 6.45) is 8.81. The first-order chi connectivity index (χ1) is 14.2. The fourth-order valence-electron chi connectivity index (χ4n) is 4.31. The Kier molecular flexibility index (Phi) is 5.11. The zero-order chi connectivity index (χ0) is 19.8. The van der Waals surface area contributed by atoms with Crippen LogP contribution in [0.25, 0.3) is 10.2 Å². The van der Waals surface area contributed by atoms with Crippen molar-refractivity contribution in [3.63, 3.8) is 0 Å². The number of thiophene rings is 1. The largest absolute Gasteiger partial charge is 0.376 e. The van der Waals surface area contributed by atoms with E-state index in [-0.39, 0.29) is 0 Å². The molecule has 154 valence electrons. The van der Waals surface area contributed by atoms with Crippen LogP contribution in [0.4, 0.5) is 17.5 Å². The minimum atomic E-state index is 0.433. The summed E-state index contributed by atoms with van der Waals surface area (Å²) < 4.78 is 10.6. The van der Waals surface area contributed by atoms with E-state index in [9.17, 15) is 0 Å². The van der Waals surface area contributed by atoms with Crippen LogP contribution in [-0.2, 0) is 17.8 Å². The van der Waals surface area contributed by atoms with Gasteiger partial charge < -0.3 is 24.8 Å². The van der Waals surface area contributed by atoms with Crippen molar-refractivity contribution < 1.29 is 9.26 Å². The first-order valence-corrected chi connectivity index (χ1v) is 11.0. The predicted molar refractivity (Wildman–Crippen MR) is 114 cm³/mol. The molecule has 29 heavy (non-hydrogen) atoms. The van der Waals surface area contributed by atoms with Crippen molar-refractivity contribution >= 4 is 39.0 Å². The Morgan fingerprint density at radius 2 is 2.03 bits per heavy atom. The molecular weight excluding hydrogens is 388 g/mol. The second kappa shape index (κ2) is 7.89. The number of aromatic nitrogens is 3. The van der Waals surface area contributed by atoms with Crippen LogP contribution in [-0.4, -0.2) is 52.8 Å². The third-order valence-corrected chi connectivity index (χ3v) is 7.02. The molecule has 0 unspecified atom stereocenters. The third kappa shape index (κ3) is 3.82. The Balaban J connectivity index is 1.47. The summed E-state index contributed by atoms with van der Waals surface area (Å²) in [5, 5.41) is 11.9. The maximum absolute atomic E-state index is 5.67. The highest BCUT2D eigenvalue weighted by molar-refractivity contribution is 7.19. The zero-order valence-corrected chi connectivity index (χ0v) is 17.6. The quantitative estimate of drug-likeness (QED) is 0.652. The molecule has 0 aromatic carbocycles. The second-order valence-electron chi connectivity index (χ2n) is 8.03. The van der Waals surface area contributed by atoms with Crippen molar-refractivity contribution in [2.24, 2.45) is 0 Å². The van der Waals surface area contributed by atoms with Crippen molar-refractivity contribution in [3.8, 4) is 0 Å². The number of ether oxygens (including phenoxy) is 1. The maximum Gasteiger partial charge on any atom is 0.230 e. The van der Waals surface area contributed by atoms with Crippen molar-refractivity contribution in [2.75, 3.05) is 31.3 Å². The van der Waals surface area contributed by atoms with Crippen LogP contribution in [0.5, 0.6) is 0 Å². The smallest absolute Gasteiger partial charge is 0.230 e. The number of nitrogens with one attached hydrogen (secondary N) is 2. The summed E-state index contributed by atoms with van der Waals surface area (Å²) in [4.78, 5) is 14.2. The summed E-state index contributed by atoms with van der Waals surface area (Å²) >= 11 is 1.71. The molecule has 1 aliphatic carbocycles. The molecule has 0 amide bonds. The van der Waals surface area contributed by atoms with Gasteiger partial charge in [0, 0.05) is 17.0 Å². The second-order valence-corrected chi connectivity index (χ2v) is 9.12. The molecular formula is C20H26N6O2S. The van der Waals surface area contributed by atoms with Crippen LogP contribution < -0.4 is 10.6 Å². The molecule has 3 aromatic heterocycles. The highest BCUT2D eigenvalue weighted by atomic mass is 32.1. The number of anilines is 3. The average molecular weight is 415 g/mol. The monoisotopic (exact) mass is 414 g/mol. The molecule has 4 heterocycles. The number of fused-ring (bicyclic) bond motifs is 3. The van der Waals surface area contributed by atoms with Gasteiger partial charge in [-0.1, -0.05) is 5.16 Å². The molecule has 2 aliphatic rings. The van der Waals surface area contributed by atoms with Crippen molar-refractivity contribution in [3.05, 3.63) is 22.9 Å². The molecule has 0 spiro atoms. The van der Waals surface area contributed by atoms with Gasteiger partial charge in [0.2, 0.25) is 5.95 Å². The van der Waals surface area contributed by atoms with E-state index in [4.69, 9.17) is 19.2 Å². The fourth-order valence-corrected chi connectivity index (χ4v) is 5.47. The summed E-state index contributed by atoms with van der Waals surface area (Å²) in [5.41, 5.74) is 2.09. The summed E-state index contributed by atoms with van der Waals surface area (Å²) in [5.74, 6) is 1.49. The standard InChI is InChI=1S/C20H26N6O2S/c1-26(2)14-5-3-12(4-6-14)22-18-17-15-7-8-27-11-16(15)29-19(17)25-20(24-18)23-13-9-21-28-10-13/h9-10,12,14H,3-8,11H2,1-2H3,(H2,22,23,24,25)/t12-,14-. The summed E-state index contributed by atoms with van der Waals surface area (Å²) in [6, 6.07) is 1.11. The molecule has 3 aromatic rings. The average Bonchev–Trinajstić information content (AvgIpc) is 3.35. The SMILES string of the molecule is CN(C)[C@H]1CC[C@H](Nc2nc(Nc3cnoc3)nc3sc4c(c23)CCOC4)CC1. The van der Waals surface area contributed by atoms with Gasteiger partial charge in [-0.3, -0.25) is 0 Å². The molecule has 9 heteroatoms. The van der Waals surface area contributed by atoms with Gasteiger partial charge >= 0.3 is 0 Å². The third-order valence-electron chi connectivity index (χ3n) is 5.92. The van der Waals surface area contributed by atoms with Gasteiger partial charge in [0.1, 0.15) is 22.6 Å². The Labute approximate surface area is 173 Å². The first kappa shape index (κ1) is 18.8. The lowest BCUT2D eigenvalue weighted by atomic mass is 9.90. The van der Waals surface area contributed by atoms with E-state index < -0.39 is 0 Å². The molecule has 0 saturated heterocycles. The first-order valence-electron chi connectivity index (χ1n) is 10.2. The van der Waals surface area contributed by atoms with Crippen LogP contribution in [0.1, 0.15) is 36.1 Å². The van der Waals surface area contributed by atoms with E-state index >= 15 is 0 Å². The van der Waals surface area contributed by atoms with Gasteiger partial charge in [0.05, 0.1) is 24.8 Å². The number of hydrogen-bond acceptors (Lipinski definition) is 9. The van der Waals surface area contributed by atoms with E-state index in [2.05, 4.69) is 34.8 Å². The molecule has 8 nitrogen and oxygen atoms in total. The lowest BCUT2D eigenvalue weighted by molar-refractivity contribution is 0.114. The highest BCUT2D eigenvalue weighted by Crippen LogP contribution is 2.39. The molecule has 1 fully saturated rings. The van der Waals surface area contributed by atoms with Gasteiger partial charge in [-0.25, -0.2) is 4.98 Å². The fraction of sp³-hybridized carbons (Fsp3) is 0.550. The van der Waals surface area contributed by atoms with Gasteiger partial charge in [-0.05, 0) is 51.8 Å². The lowest BCUT2D eigenvalue weighted by Gasteiger charge is -2.33. The Hall–Kier alpha value is -2.23. The predicted octanol–water partition coefficient (Wildman–Crippen LogP) is 3.78. The molecule has 5 rings (SSSR count). The number of rotatable bonds is 5. The normalized spacial score (nSPS) is 22.0. The molecule has 0 radical (unpaired) electrons. The summed E-state index contributed by atoms with van der Waals surface area (Å²) in [7, 11) is 4.35. The number of nitrogens with zero attached hydrogens (tertiary/aromatic N) is 4. The molecule has 0 bridgehead atoms. The molecule has 2 N–H and O–H groups in total. The Morgan fingerprint density at radius 3 is 2.79 bits per heavy atom. The van der Waals surface area contributed by atoms with Gasteiger partial charge in [-0.15, -0.1) is 11.3 Å². The highest BCUT2D eigenvalue weighted by Gasteiger charge is 2.26. The van der Waals surface area contributed by atoms with Crippen LogP contribution >= 0.6 is 11.3 Å². The molecule has 1 aliphatic heterocycles. The van der Waals surface area contributed by atoms with Crippen LogP contribution in [0.3, 0.4) is 0 Å². The van der Waals surface area contributed by atoms with Gasteiger partial charge in [0.25, 0.3) is 0 Å². The van der Waals surface area contributed by atoms with E-state index in [1.165, 1.54) is 28.7 Å².